The van der Waals surface area contributed by atoms with Crippen LogP contribution in [-0.4, -0.2) is 24.0 Å². The zero-order valence-electron chi connectivity index (χ0n) is 13.0. The SMILES string of the molecule is CCCNc1ccc(Cl)c(C(=O)NCC2(C(C)C)CC2)n1. The Labute approximate surface area is 131 Å². The zero-order chi connectivity index (χ0) is 15.5. The molecule has 1 saturated carbocycles. The van der Waals surface area contributed by atoms with Crippen LogP contribution in [0.1, 0.15) is 50.5 Å². The van der Waals surface area contributed by atoms with Crippen molar-refractivity contribution in [1.82, 2.24) is 10.3 Å². The van der Waals surface area contributed by atoms with Crippen molar-refractivity contribution in [2.45, 2.75) is 40.0 Å². The standard InChI is InChI=1S/C16H24ClN3O/c1-4-9-18-13-6-5-12(17)14(20-13)15(21)19-10-16(7-8-16)11(2)3/h5-6,11H,4,7-10H2,1-3H3,(H,18,20)(H,19,21). The van der Waals surface area contributed by atoms with Gasteiger partial charge in [-0.3, -0.25) is 4.79 Å². The summed E-state index contributed by atoms with van der Waals surface area (Å²) in [5.74, 6) is 1.09. The molecule has 0 aromatic carbocycles. The second kappa shape index (κ2) is 6.65. The number of nitrogens with zero attached hydrogens (tertiary/aromatic N) is 1. The lowest BCUT2D eigenvalue weighted by Crippen LogP contribution is -2.33. The predicted molar refractivity (Wildman–Crippen MR) is 86.9 cm³/mol. The Balaban J connectivity index is 2.01. The number of pyridine rings is 1. The van der Waals surface area contributed by atoms with Gasteiger partial charge in [0, 0.05) is 13.1 Å². The van der Waals surface area contributed by atoms with Crippen molar-refractivity contribution in [2.75, 3.05) is 18.4 Å². The normalized spacial score (nSPS) is 15.9. The van der Waals surface area contributed by atoms with E-state index >= 15 is 0 Å². The molecular formula is C16H24ClN3O. The van der Waals surface area contributed by atoms with E-state index in [2.05, 4.69) is 36.4 Å². The van der Waals surface area contributed by atoms with Crippen LogP contribution in [0, 0.1) is 11.3 Å². The van der Waals surface area contributed by atoms with Crippen LogP contribution in [0.25, 0.3) is 0 Å². The van der Waals surface area contributed by atoms with E-state index in [1.807, 2.05) is 0 Å². The topological polar surface area (TPSA) is 54.0 Å². The smallest absolute Gasteiger partial charge is 0.271 e. The molecule has 116 valence electrons. The number of hydrogen-bond acceptors (Lipinski definition) is 3. The average Bonchev–Trinajstić information content (AvgIpc) is 3.25. The van der Waals surface area contributed by atoms with Crippen molar-refractivity contribution in [3.63, 3.8) is 0 Å². The predicted octanol–water partition coefficient (Wildman–Crippen LogP) is 3.72. The Kier molecular flexibility index (Phi) is 5.09. The van der Waals surface area contributed by atoms with E-state index in [9.17, 15) is 4.79 Å². The number of anilines is 1. The molecule has 21 heavy (non-hydrogen) atoms. The van der Waals surface area contributed by atoms with Crippen LogP contribution in [0.3, 0.4) is 0 Å². The molecule has 1 aliphatic rings. The largest absolute Gasteiger partial charge is 0.370 e. The van der Waals surface area contributed by atoms with Crippen LogP contribution < -0.4 is 10.6 Å². The third kappa shape index (κ3) is 3.88. The van der Waals surface area contributed by atoms with E-state index in [1.165, 1.54) is 12.8 Å². The van der Waals surface area contributed by atoms with Gasteiger partial charge in [0.15, 0.2) is 0 Å². The first-order valence-corrected chi connectivity index (χ1v) is 8.05. The van der Waals surface area contributed by atoms with E-state index in [0.29, 0.717) is 29.0 Å². The molecule has 2 N–H and O–H groups in total. The molecule has 1 aliphatic carbocycles. The Morgan fingerprint density at radius 1 is 1.43 bits per heavy atom. The summed E-state index contributed by atoms with van der Waals surface area (Å²) in [6.45, 7) is 8.02. The Bertz CT molecular complexity index is 512. The molecule has 4 nitrogen and oxygen atoms in total. The summed E-state index contributed by atoms with van der Waals surface area (Å²) in [6.07, 6.45) is 3.37. The third-order valence-electron chi connectivity index (χ3n) is 4.34. The first-order valence-electron chi connectivity index (χ1n) is 7.67. The Hall–Kier alpha value is -1.29. The van der Waals surface area contributed by atoms with Crippen molar-refractivity contribution in [3.8, 4) is 0 Å². The van der Waals surface area contributed by atoms with Gasteiger partial charge in [0.05, 0.1) is 5.02 Å². The maximum Gasteiger partial charge on any atom is 0.271 e. The van der Waals surface area contributed by atoms with Gasteiger partial charge in [0.1, 0.15) is 11.5 Å². The fourth-order valence-corrected chi connectivity index (χ4v) is 2.60. The molecule has 1 amide bonds. The van der Waals surface area contributed by atoms with E-state index < -0.39 is 0 Å². The highest BCUT2D eigenvalue weighted by molar-refractivity contribution is 6.33. The summed E-state index contributed by atoms with van der Waals surface area (Å²) in [6, 6.07) is 3.52. The number of hydrogen-bond donors (Lipinski definition) is 2. The van der Waals surface area contributed by atoms with E-state index in [0.717, 1.165) is 13.0 Å². The second-order valence-electron chi connectivity index (χ2n) is 6.15. The maximum absolute atomic E-state index is 12.3. The van der Waals surface area contributed by atoms with Crippen LogP contribution in [0.5, 0.6) is 0 Å². The molecule has 0 radical (unpaired) electrons. The van der Waals surface area contributed by atoms with Gasteiger partial charge >= 0.3 is 0 Å². The Morgan fingerprint density at radius 3 is 2.71 bits per heavy atom. The van der Waals surface area contributed by atoms with Crippen molar-refractivity contribution in [1.29, 1.82) is 0 Å². The van der Waals surface area contributed by atoms with Gasteiger partial charge in [-0.1, -0.05) is 32.4 Å². The number of nitrogens with one attached hydrogen (secondary N) is 2. The summed E-state index contributed by atoms with van der Waals surface area (Å²) in [5.41, 5.74) is 0.581. The molecule has 1 aromatic heterocycles. The Morgan fingerprint density at radius 2 is 2.14 bits per heavy atom. The molecule has 1 fully saturated rings. The summed E-state index contributed by atoms with van der Waals surface area (Å²) >= 11 is 6.10. The average molecular weight is 310 g/mol. The molecule has 0 bridgehead atoms. The highest BCUT2D eigenvalue weighted by atomic mass is 35.5. The number of carbonyl (C=O) groups excluding carboxylic acids is 1. The van der Waals surface area contributed by atoms with Gasteiger partial charge in [-0.15, -0.1) is 0 Å². The quantitative estimate of drug-likeness (QED) is 0.807. The van der Waals surface area contributed by atoms with Gasteiger partial charge in [-0.2, -0.15) is 0 Å². The number of aromatic nitrogens is 1. The van der Waals surface area contributed by atoms with Gasteiger partial charge < -0.3 is 10.6 Å². The van der Waals surface area contributed by atoms with Crippen molar-refractivity contribution >= 4 is 23.3 Å². The van der Waals surface area contributed by atoms with Gasteiger partial charge in [0.2, 0.25) is 0 Å². The van der Waals surface area contributed by atoms with Crippen LogP contribution in [0.4, 0.5) is 5.82 Å². The van der Waals surface area contributed by atoms with Crippen molar-refractivity contribution < 1.29 is 4.79 Å². The van der Waals surface area contributed by atoms with Crippen LogP contribution in [0.2, 0.25) is 5.02 Å². The molecule has 2 rings (SSSR count). The maximum atomic E-state index is 12.3. The third-order valence-corrected chi connectivity index (χ3v) is 4.64. The lowest BCUT2D eigenvalue weighted by molar-refractivity contribution is 0.0935. The summed E-state index contributed by atoms with van der Waals surface area (Å²) in [5, 5.41) is 6.56. The minimum Gasteiger partial charge on any atom is -0.370 e. The number of amides is 1. The molecule has 0 spiro atoms. The fraction of sp³-hybridized carbons (Fsp3) is 0.625. The highest BCUT2D eigenvalue weighted by Gasteiger charge is 2.45. The van der Waals surface area contributed by atoms with Crippen LogP contribution in [-0.2, 0) is 0 Å². The van der Waals surface area contributed by atoms with Crippen molar-refractivity contribution in [3.05, 3.63) is 22.8 Å². The van der Waals surface area contributed by atoms with Gasteiger partial charge in [-0.05, 0) is 42.7 Å². The molecule has 0 aliphatic heterocycles. The van der Waals surface area contributed by atoms with Crippen LogP contribution in [0.15, 0.2) is 12.1 Å². The highest BCUT2D eigenvalue weighted by Crippen LogP contribution is 2.51. The fourth-order valence-electron chi connectivity index (χ4n) is 2.41. The van der Waals surface area contributed by atoms with E-state index in [4.69, 9.17) is 11.6 Å². The molecular weight excluding hydrogens is 286 g/mol. The first kappa shape index (κ1) is 16.1. The summed E-state index contributed by atoms with van der Waals surface area (Å²) < 4.78 is 0. The molecule has 0 atom stereocenters. The number of halogens is 1. The molecule has 1 heterocycles. The van der Waals surface area contributed by atoms with Crippen molar-refractivity contribution in [2.24, 2.45) is 11.3 Å². The van der Waals surface area contributed by atoms with E-state index in [-0.39, 0.29) is 11.3 Å². The lowest BCUT2D eigenvalue weighted by Gasteiger charge is -2.20. The lowest BCUT2D eigenvalue weighted by atomic mass is 9.92. The molecule has 5 heteroatoms. The molecule has 1 aromatic rings. The second-order valence-corrected chi connectivity index (χ2v) is 6.56. The summed E-state index contributed by atoms with van der Waals surface area (Å²) in [4.78, 5) is 16.6. The molecule has 0 saturated heterocycles. The molecule has 0 unspecified atom stereocenters. The van der Waals surface area contributed by atoms with Crippen LogP contribution >= 0.6 is 11.6 Å². The minimum atomic E-state index is -0.188. The first-order chi connectivity index (χ1) is 9.98. The summed E-state index contributed by atoms with van der Waals surface area (Å²) in [7, 11) is 0. The van der Waals surface area contributed by atoms with Gasteiger partial charge in [-0.25, -0.2) is 4.98 Å². The van der Waals surface area contributed by atoms with Gasteiger partial charge in [0.25, 0.3) is 5.91 Å². The number of rotatable bonds is 7. The number of carbonyl (C=O) groups is 1. The zero-order valence-corrected chi connectivity index (χ0v) is 13.8. The van der Waals surface area contributed by atoms with E-state index in [1.54, 1.807) is 12.1 Å². The monoisotopic (exact) mass is 309 g/mol. The minimum absolute atomic E-state index is 0.188.